The van der Waals surface area contributed by atoms with Gasteiger partial charge in [-0.3, -0.25) is 9.59 Å². The van der Waals surface area contributed by atoms with Crippen LogP contribution in [0.25, 0.3) is 0 Å². The molecule has 36 heavy (non-hydrogen) atoms. The van der Waals surface area contributed by atoms with E-state index in [0.717, 1.165) is 72.5 Å². The quantitative estimate of drug-likeness (QED) is 0.435. The lowest BCUT2D eigenvalue weighted by Gasteiger charge is -2.32. The van der Waals surface area contributed by atoms with Gasteiger partial charge in [-0.25, -0.2) is 4.98 Å². The predicted octanol–water partition coefficient (Wildman–Crippen LogP) is 3.84. The third-order valence-corrected chi connectivity index (χ3v) is 6.86. The fourth-order valence-corrected chi connectivity index (χ4v) is 4.95. The van der Waals surface area contributed by atoms with Crippen molar-refractivity contribution in [1.82, 2.24) is 19.8 Å². The summed E-state index contributed by atoms with van der Waals surface area (Å²) in [4.78, 5) is 37.4. The van der Waals surface area contributed by atoms with E-state index in [1.54, 1.807) is 0 Å². The average Bonchev–Trinajstić information content (AvgIpc) is 2.80. The summed E-state index contributed by atoms with van der Waals surface area (Å²) in [6.45, 7) is 10.3. The number of likely N-dealkylation sites (tertiary alicyclic amines) is 1. The number of rotatable bonds is 10. The van der Waals surface area contributed by atoms with Gasteiger partial charge < -0.3 is 25.5 Å². The van der Waals surface area contributed by atoms with Crippen LogP contribution in [0.5, 0.6) is 0 Å². The molecule has 3 N–H and O–H groups in total. The highest BCUT2D eigenvalue weighted by Gasteiger charge is 2.26. The highest BCUT2D eigenvalue weighted by atomic mass is 16.2. The van der Waals surface area contributed by atoms with Crippen LogP contribution in [0, 0.1) is 19.3 Å². The Morgan fingerprint density at radius 1 is 1.28 bits per heavy atom. The molecule has 8 nitrogen and oxygen atoms in total. The van der Waals surface area contributed by atoms with E-state index in [4.69, 9.17) is 10.4 Å². The number of aromatic amines is 1. The van der Waals surface area contributed by atoms with Gasteiger partial charge in [-0.05, 0) is 90.9 Å². The summed E-state index contributed by atoms with van der Waals surface area (Å²) in [5, 5.41) is 11.5. The fourth-order valence-electron chi connectivity index (χ4n) is 4.95. The molecule has 1 aliphatic heterocycles. The molecule has 0 bridgehead atoms. The Morgan fingerprint density at radius 2 is 1.97 bits per heavy atom. The van der Waals surface area contributed by atoms with Gasteiger partial charge in [0.15, 0.2) is 0 Å². The molecule has 0 aromatic carbocycles. The molecule has 1 aliphatic rings. The van der Waals surface area contributed by atoms with Crippen molar-refractivity contribution in [1.29, 1.82) is 5.41 Å². The third-order valence-electron chi connectivity index (χ3n) is 6.86. The number of aryl methyl sites for hydroxylation is 2. The normalized spacial score (nSPS) is 14.5. The minimum absolute atomic E-state index is 0.0822. The van der Waals surface area contributed by atoms with Gasteiger partial charge >= 0.3 is 0 Å². The van der Waals surface area contributed by atoms with E-state index in [0.29, 0.717) is 18.7 Å². The number of piperidine rings is 1. The molecule has 1 saturated heterocycles. The standard InChI is InChI=1S/C28H42N6O2/c1-18(2)30-27-24(17-29)22(15-23-19(3)14-20(4)31-28(23)36)16-25(32-27)21-9-12-34(13-10-21)26(35)8-7-11-33(5)6/h14,16-18,21,29H,7-13,15H2,1-6H3,(H,30,32)(H,31,36). The van der Waals surface area contributed by atoms with Crippen molar-refractivity contribution in [2.45, 2.75) is 71.8 Å². The molecule has 0 unspecified atom stereocenters. The fraction of sp³-hybridized carbons (Fsp3) is 0.571. The topological polar surface area (TPSA) is 105 Å². The summed E-state index contributed by atoms with van der Waals surface area (Å²) in [6, 6.07) is 4.22. The lowest BCUT2D eigenvalue weighted by molar-refractivity contribution is -0.132. The Bertz CT molecular complexity index is 1130. The summed E-state index contributed by atoms with van der Waals surface area (Å²) >= 11 is 0. The van der Waals surface area contributed by atoms with Crippen molar-refractivity contribution in [3.05, 3.63) is 56.1 Å². The number of carbonyl (C=O) groups is 1. The predicted molar refractivity (Wildman–Crippen MR) is 147 cm³/mol. The van der Waals surface area contributed by atoms with E-state index in [1.165, 1.54) is 6.21 Å². The zero-order valence-corrected chi connectivity index (χ0v) is 22.7. The van der Waals surface area contributed by atoms with Crippen molar-refractivity contribution in [3.63, 3.8) is 0 Å². The Morgan fingerprint density at radius 3 is 2.56 bits per heavy atom. The molecule has 2 aromatic rings. The van der Waals surface area contributed by atoms with Gasteiger partial charge in [0.25, 0.3) is 5.56 Å². The molecule has 8 heteroatoms. The van der Waals surface area contributed by atoms with Crippen LogP contribution in [0.2, 0.25) is 0 Å². The number of hydrogen-bond donors (Lipinski definition) is 3. The Balaban J connectivity index is 1.85. The largest absolute Gasteiger partial charge is 0.367 e. The van der Waals surface area contributed by atoms with Gasteiger partial charge in [-0.1, -0.05) is 0 Å². The molecule has 3 rings (SSSR count). The van der Waals surface area contributed by atoms with E-state index in [9.17, 15) is 9.59 Å². The molecule has 0 saturated carbocycles. The number of H-pyrrole nitrogens is 1. The first-order valence-corrected chi connectivity index (χ1v) is 13.0. The minimum Gasteiger partial charge on any atom is -0.367 e. The highest BCUT2D eigenvalue weighted by molar-refractivity contribution is 5.87. The van der Waals surface area contributed by atoms with Crippen molar-refractivity contribution in [3.8, 4) is 0 Å². The van der Waals surface area contributed by atoms with Gasteiger partial charge in [0.05, 0.1) is 0 Å². The molecule has 1 amide bonds. The average molecular weight is 495 g/mol. The Labute approximate surface area is 215 Å². The van der Waals surface area contributed by atoms with Gasteiger partial charge in [0.2, 0.25) is 5.91 Å². The molecule has 0 aliphatic carbocycles. The molecule has 1 fully saturated rings. The van der Waals surface area contributed by atoms with E-state index < -0.39 is 0 Å². The number of pyridine rings is 2. The molecular formula is C28H42N6O2. The van der Waals surface area contributed by atoms with Crippen LogP contribution in [0.15, 0.2) is 16.9 Å². The van der Waals surface area contributed by atoms with Gasteiger partial charge in [-0.15, -0.1) is 0 Å². The summed E-state index contributed by atoms with van der Waals surface area (Å²) in [5.74, 6) is 1.16. The smallest absolute Gasteiger partial charge is 0.251 e. The maximum absolute atomic E-state index is 12.7. The van der Waals surface area contributed by atoms with E-state index in [-0.39, 0.29) is 23.4 Å². The van der Waals surface area contributed by atoms with Crippen LogP contribution in [0.3, 0.4) is 0 Å². The zero-order chi connectivity index (χ0) is 26.4. The zero-order valence-electron chi connectivity index (χ0n) is 22.7. The van der Waals surface area contributed by atoms with E-state index >= 15 is 0 Å². The van der Waals surface area contributed by atoms with Crippen LogP contribution in [-0.2, 0) is 11.2 Å². The second-order valence-corrected chi connectivity index (χ2v) is 10.6. The van der Waals surface area contributed by atoms with Crippen LogP contribution < -0.4 is 10.9 Å². The monoisotopic (exact) mass is 494 g/mol. The lowest BCUT2D eigenvalue weighted by Crippen LogP contribution is -2.38. The van der Waals surface area contributed by atoms with Crippen molar-refractivity contribution in [2.24, 2.45) is 0 Å². The molecule has 3 heterocycles. The summed E-state index contributed by atoms with van der Waals surface area (Å²) in [6.07, 6.45) is 4.97. The lowest BCUT2D eigenvalue weighted by atomic mass is 9.89. The Kier molecular flexibility index (Phi) is 9.43. The van der Waals surface area contributed by atoms with Crippen molar-refractivity contribution in [2.75, 3.05) is 39.0 Å². The summed E-state index contributed by atoms with van der Waals surface area (Å²) in [7, 11) is 4.05. The van der Waals surface area contributed by atoms with Crippen molar-refractivity contribution >= 4 is 17.9 Å². The Hall–Kier alpha value is -3.00. The number of hydrogen-bond acceptors (Lipinski definition) is 6. The maximum Gasteiger partial charge on any atom is 0.251 e. The summed E-state index contributed by atoms with van der Waals surface area (Å²) < 4.78 is 0. The number of anilines is 1. The SMILES string of the molecule is Cc1cc(C)c(Cc2cc(C3CCN(C(=O)CCCN(C)C)CC3)nc(NC(C)C)c2C=N)c(=O)[nH]1. The minimum atomic E-state index is -0.0822. The van der Waals surface area contributed by atoms with Crippen LogP contribution in [0.4, 0.5) is 5.82 Å². The first-order valence-electron chi connectivity index (χ1n) is 13.0. The number of carbonyl (C=O) groups excluding carboxylic acids is 1. The van der Waals surface area contributed by atoms with Gasteiger partial charge in [0, 0.05) is 66.6 Å². The molecular weight excluding hydrogens is 452 g/mol. The molecule has 0 radical (unpaired) electrons. The molecule has 196 valence electrons. The second-order valence-electron chi connectivity index (χ2n) is 10.6. The number of nitrogens with one attached hydrogen (secondary N) is 3. The van der Waals surface area contributed by atoms with Gasteiger partial charge in [-0.2, -0.15) is 0 Å². The summed E-state index contributed by atoms with van der Waals surface area (Å²) in [5.41, 5.74) is 5.05. The second kappa shape index (κ2) is 12.3. The van der Waals surface area contributed by atoms with Crippen molar-refractivity contribution < 1.29 is 4.79 Å². The molecule has 0 atom stereocenters. The van der Waals surface area contributed by atoms with Crippen LogP contribution in [0.1, 0.15) is 79.1 Å². The molecule has 0 spiro atoms. The maximum atomic E-state index is 12.7. The first kappa shape index (κ1) is 27.6. The number of nitrogens with zero attached hydrogens (tertiary/aromatic N) is 3. The highest BCUT2D eigenvalue weighted by Crippen LogP contribution is 2.31. The first-order chi connectivity index (χ1) is 17.1. The van der Waals surface area contributed by atoms with Crippen LogP contribution in [-0.4, -0.2) is 71.7 Å². The number of aromatic nitrogens is 2. The molecule has 2 aromatic heterocycles. The van der Waals surface area contributed by atoms with Gasteiger partial charge in [0.1, 0.15) is 5.82 Å². The van der Waals surface area contributed by atoms with E-state index in [1.807, 2.05) is 38.9 Å². The third kappa shape index (κ3) is 7.03. The number of amides is 1. The van der Waals surface area contributed by atoms with Crippen LogP contribution >= 0.6 is 0 Å². The van der Waals surface area contributed by atoms with E-state index in [2.05, 4.69) is 35.1 Å².